The number of rotatable bonds is 5. The summed E-state index contributed by atoms with van der Waals surface area (Å²) in [5, 5.41) is 7.14. The van der Waals surface area contributed by atoms with Crippen LogP contribution in [0.1, 0.15) is 74.4 Å². The van der Waals surface area contributed by atoms with E-state index < -0.39 is 34.9 Å². The van der Waals surface area contributed by atoms with Crippen molar-refractivity contribution >= 4 is 23.2 Å². The lowest BCUT2D eigenvalue weighted by Gasteiger charge is -2.36. The van der Waals surface area contributed by atoms with E-state index in [-0.39, 0.29) is 11.5 Å². The summed E-state index contributed by atoms with van der Waals surface area (Å²) in [4.78, 5) is 18.1. The van der Waals surface area contributed by atoms with E-state index in [4.69, 9.17) is 21.3 Å². The average molecular weight is 497 g/mol. The molecule has 0 aliphatic rings. The van der Waals surface area contributed by atoms with E-state index in [1.807, 2.05) is 13.0 Å². The lowest BCUT2D eigenvalue weighted by molar-refractivity contribution is -0.166. The quantitative estimate of drug-likeness (QED) is 0.320. The smallest absolute Gasteiger partial charge is 0.452 e. The summed E-state index contributed by atoms with van der Waals surface area (Å²) in [5.41, 5.74) is 1.36. The zero-order chi connectivity index (χ0) is 25.6. The highest BCUT2D eigenvalue weighted by atomic mass is 35.5. The molecule has 3 rings (SSSR count). The number of hydrogen-bond donors (Lipinski definition) is 0. The molecule has 0 aromatic carbocycles. The van der Waals surface area contributed by atoms with Crippen LogP contribution in [-0.4, -0.2) is 31.2 Å². The van der Waals surface area contributed by atoms with Crippen molar-refractivity contribution in [3.8, 4) is 0 Å². The summed E-state index contributed by atoms with van der Waals surface area (Å²) in [5.74, 6) is -2.05. The molecule has 34 heavy (non-hydrogen) atoms. The van der Waals surface area contributed by atoms with Crippen molar-refractivity contribution in [1.82, 2.24) is 19.6 Å². The maximum absolute atomic E-state index is 13.4. The zero-order valence-electron chi connectivity index (χ0n) is 20.2. The molecule has 0 aliphatic carbocycles. The standard InChI is InChI=1S/C24H28ClF3N4O2/c1-13-8-9-16(29-17(13)12-25)18(23(6,7)21(33)34-22(3,4)5)15-10-11-32-19(14(15)2)30-31-20(32)24(26,27)28/h8-11,18H,12H2,1-7H3. The fourth-order valence-corrected chi connectivity index (χ4v) is 4.20. The molecule has 0 saturated heterocycles. The molecule has 0 N–H and O–H groups in total. The normalized spacial score (nSPS) is 13.9. The number of carbonyl (C=O) groups is 1. The van der Waals surface area contributed by atoms with Gasteiger partial charge < -0.3 is 4.74 Å². The SMILES string of the molecule is Cc1ccc(C(c2ccn3c(C(F)(F)F)nnc3c2C)C(C)(C)C(=O)OC(C)(C)C)nc1CCl. The fraction of sp³-hybridized carbons (Fsp3) is 0.500. The minimum Gasteiger partial charge on any atom is -0.460 e. The van der Waals surface area contributed by atoms with Crippen molar-refractivity contribution in [3.05, 3.63) is 58.3 Å². The van der Waals surface area contributed by atoms with Gasteiger partial charge in [-0.05, 0) is 77.3 Å². The molecule has 6 nitrogen and oxygen atoms in total. The van der Waals surface area contributed by atoms with E-state index in [0.717, 1.165) is 9.96 Å². The van der Waals surface area contributed by atoms with Gasteiger partial charge in [-0.25, -0.2) is 0 Å². The lowest BCUT2D eigenvalue weighted by Crippen LogP contribution is -2.39. The van der Waals surface area contributed by atoms with Crippen molar-refractivity contribution in [2.24, 2.45) is 5.41 Å². The van der Waals surface area contributed by atoms with Gasteiger partial charge in [-0.15, -0.1) is 21.8 Å². The van der Waals surface area contributed by atoms with Crippen LogP contribution in [0, 0.1) is 19.3 Å². The van der Waals surface area contributed by atoms with Gasteiger partial charge in [0.25, 0.3) is 0 Å². The highest BCUT2D eigenvalue weighted by Gasteiger charge is 2.44. The largest absolute Gasteiger partial charge is 0.460 e. The first kappa shape index (κ1) is 25.9. The molecule has 0 spiro atoms. The van der Waals surface area contributed by atoms with Crippen molar-refractivity contribution in [2.45, 2.75) is 72.0 Å². The molecule has 1 unspecified atom stereocenters. The van der Waals surface area contributed by atoms with Crippen LogP contribution in [0.15, 0.2) is 24.4 Å². The van der Waals surface area contributed by atoms with Crippen LogP contribution in [0.5, 0.6) is 0 Å². The molecule has 184 valence electrons. The number of carbonyl (C=O) groups excluding carboxylic acids is 1. The molecule has 0 amide bonds. The number of pyridine rings is 2. The fourth-order valence-electron chi connectivity index (χ4n) is 3.93. The summed E-state index contributed by atoms with van der Waals surface area (Å²) < 4.78 is 46.7. The predicted molar refractivity (Wildman–Crippen MR) is 123 cm³/mol. The Bertz CT molecular complexity index is 1230. The van der Waals surface area contributed by atoms with Gasteiger partial charge in [-0.3, -0.25) is 14.2 Å². The highest BCUT2D eigenvalue weighted by Crippen LogP contribution is 2.44. The number of nitrogens with zero attached hydrogens (tertiary/aromatic N) is 4. The summed E-state index contributed by atoms with van der Waals surface area (Å²) in [6.07, 6.45) is -3.38. The van der Waals surface area contributed by atoms with Crippen LogP contribution in [0.2, 0.25) is 0 Å². The van der Waals surface area contributed by atoms with Crippen LogP contribution in [0.3, 0.4) is 0 Å². The minimum absolute atomic E-state index is 0.0551. The minimum atomic E-state index is -4.66. The molecule has 1 atom stereocenters. The topological polar surface area (TPSA) is 69.4 Å². The Morgan fingerprint density at radius 3 is 2.29 bits per heavy atom. The molecular weight excluding hydrogens is 469 g/mol. The van der Waals surface area contributed by atoms with Crippen LogP contribution in [-0.2, 0) is 21.6 Å². The predicted octanol–water partition coefficient (Wildman–Crippen LogP) is 6.00. The van der Waals surface area contributed by atoms with E-state index in [1.165, 1.54) is 6.20 Å². The Balaban J connectivity index is 2.27. The van der Waals surface area contributed by atoms with Gasteiger partial charge in [0.2, 0.25) is 5.82 Å². The number of ether oxygens (including phenoxy) is 1. The van der Waals surface area contributed by atoms with E-state index in [0.29, 0.717) is 22.5 Å². The third-order valence-electron chi connectivity index (χ3n) is 5.72. The molecule has 0 bridgehead atoms. The van der Waals surface area contributed by atoms with Gasteiger partial charge in [0.05, 0.1) is 17.0 Å². The average Bonchev–Trinajstić information content (AvgIpc) is 3.15. The number of aryl methyl sites for hydroxylation is 2. The van der Waals surface area contributed by atoms with Gasteiger partial charge in [0, 0.05) is 17.8 Å². The summed E-state index contributed by atoms with van der Waals surface area (Å²) in [7, 11) is 0. The number of esters is 1. The third kappa shape index (κ3) is 4.89. The first-order valence-corrected chi connectivity index (χ1v) is 11.3. The molecule has 3 aromatic heterocycles. The Morgan fingerprint density at radius 1 is 1.09 bits per heavy atom. The van der Waals surface area contributed by atoms with Gasteiger partial charge in [0.1, 0.15) is 5.60 Å². The molecule has 3 aromatic rings. The van der Waals surface area contributed by atoms with Crippen LogP contribution < -0.4 is 0 Å². The van der Waals surface area contributed by atoms with Gasteiger partial charge in [0.15, 0.2) is 5.65 Å². The van der Waals surface area contributed by atoms with E-state index >= 15 is 0 Å². The van der Waals surface area contributed by atoms with Gasteiger partial charge in [-0.1, -0.05) is 6.07 Å². The van der Waals surface area contributed by atoms with Crippen LogP contribution >= 0.6 is 11.6 Å². The van der Waals surface area contributed by atoms with E-state index in [1.54, 1.807) is 53.7 Å². The summed E-state index contributed by atoms with van der Waals surface area (Å²) in [6, 6.07) is 5.22. The van der Waals surface area contributed by atoms with Crippen LogP contribution in [0.4, 0.5) is 13.2 Å². The molecule has 0 aliphatic heterocycles. The first-order chi connectivity index (χ1) is 15.6. The Labute approximate surface area is 201 Å². The number of aromatic nitrogens is 4. The molecule has 10 heteroatoms. The molecular formula is C24H28ClF3N4O2. The number of alkyl halides is 4. The van der Waals surface area contributed by atoms with Gasteiger partial charge >= 0.3 is 12.1 Å². The second kappa shape index (κ2) is 8.83. The monoisotopic (exact) mass is 496 g/mol. The van der Waals surface area contributed by atoms with Crippen molar-refractivity contribution in [2.75, 3.05) is 0 Å². The molecule has 3 heterocycles. The van der Waals surface area contributed by atoms with Crippen molar-refractivity contribution in [3.63, 3.8) is 0 Å². The number of halogens is 4. The molecule has 0 fully saturated rings. The maximum Gasteiger partial charge on any atom is 0.452 e. The van der Waals surface area contributed by atoms with Gasteiger partial charge in [-0.2, -0.15) is 13.2 Å². The molecule has 0 radical (unpaired) electrons. The Morgan fingerprint density at radius 2 is 1.74 bits per heavy atom. The number of fused-ring (bicyclic) bond motifs is 1. The lowest BCUT2D eigenvalue weighted by atomic mass is 9.71. The maximum atomic E-state index is 13.4. The highest BCUT2D eigenvalue weighted by molar-refractivity contribution is 6.17. The van der Waals surface area contributed by atoms with E-state index in [9.17, 15) is 18.0 Å². The van der Waals surface area contributed by atoms with Crippen LogP contribution in [0.25, 0.3) is 5.65 Å². The summed E-state index contributed by atoms with van der Waals surface area (Å²) >= 11 is 6.09. The van der Waals surface area contributed by atoms with Crippen molar-refractivity contribution in [1.29, 1.82) is 0 Å². The Hall–Kier alpha value is -2.68. The van der Waals surface area contributed by atoms with Crippen molar-refractivity contribution < 1.29 is 22.7 Å². The third-order valence-corrected chi connectivity index (χ3v) is 5.98. The zero-order valence-corrected chi connectivity index (χ0v) is 21.0. The van der Waals surface area contributed by atoms with E-state index in [2.05, 4.69) is 10.2 Å². The Kier molecular flexibility index (Phi) is 6.74. The second-order valence-electron chi connectivity index (χ2n) is 9.90. The molecule has 0 saturated carbocycles. The first-order valence-electron chi connectivity index (χ1n) is 10.7. The summed E-state index contributed by atoms with van der Waals surface area (Å²) in [6.45, 7) is 12.3. The number of hydrogen-bond acceptors (Lipinski definition) is 5. The second-order valence-corrected chi connectivity index (χ2v) is 10.2.